The Morgan fingerprint density at radius 1 is 1.40 bits per heavy atom. The number of amides is 3. The lowest BCUT2D eigenvalue weighted by molar-refractivity contribution is -0.129. The Kier molecular flexibility index (Phi) is 2.73. The van der Waals surface area contributed by atoms with E-state index < -0.39 is 6.09 Å². The minimum Gasteiger partial charge on any atom is -0.439 e. The third kappa shape index (κ3) is 1.84. The molecule has 0 bridgehead atoms. The van der Waals surface area contributed by atoms with Crippen LogP contribution in [-0.2, 0) is 16.6 Å². The van der Waals surface area contributed by atoms with Crippen molar-refractivity contribution in [2.24, 2.45) is 7.05 Å². The van der Waals surface area contributed by atoms with Gasteiger partial charge in [0.2, 0.25) is 0 Å². The van der Waals surface area contributed by atoms with Gasteiger partial charge in [0, 0.05) is 20.1 Å². The van der Waals surface area contributed by atoms with Crippen LogP contribution in [0.15, 0.2) is 6.07 Å². The highest BCUT2D eigenvalue weighted by Gasteiger charge is 2.44. The summed E-state index contributed by atoms with van der Waals surface area (Å²) < 4.78 is 6.19. The molecule has 2 aliphatic rings. The summed E-state index contributed by atoms with van der Waals surface area (Å²) in [7, 11) is 1.71. The number of likely N-dealkylation sites (tertiary alicyclic amines) is 1. The molecule has 106 valence electrons. The second-order valence-electron chi connectivity index (χ2n) is 4.98. The molecule has 2 fully saturated rings. The number of cyclic esters (lactones) is 1. The fourth-order valence-corrected chi connectivity index (χ4v) is 2.47. The molecule has 20 heavy (non-hydrogen) atoms. The van der Waals surface area contributed by atoms with Crippen LogP contribution in [0.5, 0.6) is 0 Å². The van der Waals surface area contributed by atoms with E-state index in [1.54, 1.807) is 18.0 Å². The average Bonchev–Trinajstić information content (AvgIpc) is 2.83. The Morgan fingerprint density at radius 3 is 2.60 bits per heavy atom. The maximum absolute atomic E-state index is 12.2. The van der Waals surface area contributed by atoms with Crippen molar-refractivity contribution < 1.29 is 19.1 Å². The van der Waals surface area contributed by atoms with Crippen molar-refractivity contribution in [2.45, 2.75) is 13.0 Å². The molecule has 3 heterocycles. The molecule has 0 N–H and O–H groups in total. The van der Waals surface area contributed by atoms with Gasteiger partial charge in [-0.3, -0.25) is 14.3 Å². The van der Waals surface area contributed by atoms with Crippen LogP contribution in [-0.4, -0.2) is 63.2 Å². The van der Waals surface area contributed by atoms with Crippen LogP contribution in [0.2, 0.25) is 0 Å². The first-order chi connectivity index (χ1) is 9.47. The maximum atomic E-state index is 12.2. The summed E-state index contributed by atoms with van der Waals surface area (Å²) in [5.74, 6) is -0.493. The van der Waals surface area contributed by atoms with E-state index in [-0.39, 0.29) is 24.5 Å². The molecule has 0 radical (unpaired) electrons. The normalized spacial score (nSPS) is 19.3. The van der Waals surface area contributed by atoms with Gasteiger partial charge in [-0.25, -0.2) is 9.69 Å². The summed E-state index contributed by atoms with van der Waals surface area (Å²) in [6.45, 7) is 2.28. The van der Waals surface area contributed by atoms with E-state index in [2.05, 4.69) is 9.84 Å². The molecule has 1 aromatic rings. The number of carbonyl (C=O) groups excluding carboxylic acids is 3. The van der Waals surface area contributed by atoms with E-state index in [1.807, 2.05) is 6.92 Å². The summed E-state index contributed by atoms with van der Waals surface area (Å²) >= 11 is 0. The lowest BCUT2D eigenvalue weighted by atomic mass is 10.1. The predicted molar refractivity (Wildman–Crippen MR) is 65.8 cm³/mol. The highest BCUT2D eigenvalue weighted by atomic mass is 16.6. The van der Waals surface area contributed by atoms with Crippen molar-refractivity contribution in [1.82, 2.24) is 19.6 Å². The zero-order valence-electron chi connectivity index (χ0n) is 11.2. The quantitative estimate of drug-likeness (QED) is 0.730. The lowest BCUT2D eigenvalue weighted by Crippen LogP contribution is -2.62. The molecule has 3 rings (SSSR count). The number of hydrogen-bond donors (Lipinski definition) is 0. The number of ether oxygens (including phenoxy) is 1. The van der Waals surface area contributed by atoms with Crippen molar-refractivity contribution in [1.29, 1.82) is 0 Å². The smallest absolute Gasteiger partial charge is 0.417 e. The van der Waals surface area contributed by atoms with E-state index >= 15 is 0 Å². The van der Waals surface area contributed by atoms with Crippen molar-refractivity contribution >= 4 is 17.9 Å². The maximum Gasteiger partial charge on any atom is 0.417 e. The van der Waals surface area contributed by atoms with Gasteiger partial charge in [0.15, 0.2) is 6.61 Å². The Balaban J connectivity index is 1.66. The topological polar surface area (TPSA) is 84.7 Å². The first-order valence-electron chi connectivity index (χ1n) is 6.26. The summed E-state index contributed by atoms with van der Waals surface area (Å²) in [5, 5.41) is 4.12. The number of aryl methyl sites for hydroxylation is 2. The molecule has 0 saturated carbocycles. The first-order valence-corrected chi connectivity index (χ1v) is 6.26. The number of hydrogen-bond acceptors (Lipinski definition) is 5. The fourth-order valence-electron chi connectivity index (χ4n) is 2.47. The monoisotopic (exact) mass is 278 g/mol. The van der Waals surface area contributed by atoms with Gasteiger partial charge in [-0.15, -0.1) is 0 Å². The van der Waals surface area contributed by atoms with Gasteiger partial charge in [0.1, 0.15) is 5.69 Å². The van der Waals surface area contributed by atoms with Crippen molar-refractivity contribution in [3.8, 4) is 0 Å². The minimum atomic E-state index is -0.622. The molecule has 1 aromatic heterocycles. The summed E-state index contributed by atoms with van der Waals surface area (Å²) in [5.41, 5.74) is 1.27. The van der Waals surface area contributed by atoms with Gasteiger partial charge in [0.05, 0.1) is 11.7 Å². The zero-order chi connectivity index (χ0) is 14.4. The van der Waals surface area contributed by atoms with Crippen LogP contribution in [0.3, 0.4) is 0 Å². The highest BCUT2D eigenvalue weighted by molar-refractivity contribution is 5.99. The van der Waals surface area contributed by atoms with E-state index in [9.17, 15) is 14.4 Å². The standard InChI is InChI=1S/C12H14N4O4/c1-7-3-9(14(2)13-7)11(18)15-4-8(5-15)16-10(17)6-20-12(16)19/h3,8H,4-6H2,1-2H3. The SMILES string of the molecule is Cc1cc(C(=O)N2CC(N3C(=O)COC3=O)C2)n(C)n1. The lowest BCUT2D eigenvalue weighted by Gasteiger charge is -2.41. The zero-order valence-corrected chi connectivity index (χ0v) is 11.2. The van der Waals surface area contributed by atoms with Crippen molar-refractivity contribution in [2.75, 3.05) is 19.7 Å². The molecule has 3 amide bonds. The third-order valence-electron chi connectivity index (χ3n) is 3.52. The number of nitrogens with zero attached hydrogens (tertiary/aromatic N) is 4. The molecule has 0 spiro atoms. The predicted octanol–water partition coefficient (Wildman–Crippen LogP) is -0.468. The molecule has 8 heteroatoms. The molecule has 2 aliphatic heterocycles. The number of carbonyl (C=O) groups is 3. The van der Waals surface area contributed by atoms with Gasteiger partial charge < -0.3 is 9.64 Å². The molecule has 0 aromatic carbocycles. The van der Waals surface area contributed by atoms with Crippen LogP contribution in [0.1, 0.15) is 16.2 Å². The molecular weight excluding hydrogens is 264 g/mol. The highest BCUT2D eigenvalue weighted by Crippen LogP contribution is 2.21. The van der Waals surface area contributed by atoms with Gasteiger partial charge >= 0.3 is 6.09 Å². The number of imide groups is 1. The molecule has 2 saturated heterocycles. The summed E-state index contributed by atoms with van der Waals surface area (Å²) in [4.78, 5) is 37.8. The Hall–Kier alpha value is -2.38. The Labute approximate surface area is 114 Å². The summed E-state index contributed by atoms with van der Waals surface area (Å²) in [6.07, 6.45) is -0.622. The molecule has 0 atom stereocenters. The second kappa shape index (κ2) is 4.32. The minimum absolute atomic E-state index is 0.149. The largest absolute Gasteiger partial charge is 0.439 e. The van der Waals surface area contributed by atoms with E-state index in [0.29, 0.717) is 18.8 Å². The van der Waals surface area contributed by atoms with Gasteiger partial charge in [-0.2, -0.15) is 5.10 Å². The van der Waals surface area contributed by atoms with Gasteiger partial charge in [-0.1, -0.05) is 0 Å². The summed E-state index contributed by atoms with van der Waals surface area (Å²) in [6, 6.07) is 1.43. The molecular formula is C12H14N4O4. The van der Waals surface area contributed by atoms with Crippen molar-refractivity contribution in [3.63, 3.8) is 0 Å². The van der Waals surface area contributed by atoms with Gasteiger partial charge in [0.25, 0.3) is 11.8 Å². The first kappa shape index (κ1) is 12.6. The number of aromatic nitrogens is 2. The van der Waals surface area contributed by atoms with Crippen LogP contribution in [0.4, 0.5) is 4.79 Å². The van der Waals surface area contributed by atoms with Crippen LogP contribution < -0.4 is 0 Å². The fraction of sp³-hybridized carbons (Fsp3) is 0.500. The van der Waals surface area contributed by atoms with E-state index in [1.165, 1.54) is 4.68 Å². The average molecular weight is 278 g/mol. The van der Waals surface area contributed by atoms with Gasteiger partial charge in [-0.05, 0) is 13.0 Å². The Morgan fingerprint density at radius 2 is 2.10 bits per heavy atom. The second-order valence-corrected chi connectivity index (χ2v) is 4.98. The molecule has 8 nitrogen and oxygen atoms in total. The Bertz CT molecular complexity index is 587. The van der Waals surface area contributed by atoms with Crippen LogP contribution in [0, 0.1) is 6.92 Å². The number of rotatable bonds is 2. The van der Waals surface area contributed by atoms with E-state index in [4.69, 9.17) is 0 Å². The molecule has 0 aliphatic carbocycles. The van der Waals surface area contributed by atoms with E-state index in [0.717, 1.165) is 10.6 Å². The van der Waals surface area contributed by atoms with Crippen molar-refractivity contribution in [3.05, 3.63) is 17.5 Å². The van der Waals surface area contributed by atoms with Crippen LogP contribution >= 0.6 is 0 Å². The third-order valence-corrected chi connectivity index (χ3v) is 3.52. The van der Waals surface area contributed by atoms with Crippen LogP contribution in [0.25, 0.3) is 0 Å². The molecule has 0 unspecified atom stereocenters.